The lowest BCUT2D eigenvalue weighted by atomic mass is 9.99. The summed E-state index contributed by atoms with van der Waals surface area (Å²) in [5.41, 5.74) is 0.680. The Hall–Kier alpha value is -1.76. The van der Waals surface area contributed by atoms with Crippen LogP contribution in [0.25, 0.3) is 5.65 Å². The number of tetrazole rings is 1. The molecule has 0 bridgehead atoms. The topological polar surface area (TPSA) is 71.2 Å². The molecule has 1 fully saturated rings. The van der Waals surface area contributed by atoms with E-state index in [1.807, 2.05) is 12.1 Å². The van der Waals surface area contributed by atoms with Crippen molar-refractivity contribution in [1.82, 2.24) is 30.6 Å². The number of nitrogens with zero attached hydrogens (tertiary/aromatic N) is 6. The van der Waals surface area contributed by atoms with Crippen molar-refractivity contribution < 1.29 is 0 Å². The zero-order valence-electron chi connectivity index (χ0n) is 11.2. The van der Waals surface area contributed by atoms with Gasteiger partial charge in [-0.3, -0.25) is 0 Å². The van der Waals surface area contributed by atoms with Crippen molar-refractivity contribution in [3.8, 4) is 0 Å². The van der Waals surface area contributed by atoms with Crippen LogP contribution < -0.4 is 10.2 Å². The molecule has 1 N–H and O–H groups in total. The second kappa shape index (κ2) is 5.48. The first-order chi connectivity index (χ1) is 9.36. The van der Waals surface area contributed by atoms with Gasteiger partial charge in [-0.25, -0.2) is 0 Å². The molecule has 1 saturated heterocycles. The van der Waals surface area contributed by atoms with E-state index in [4.69, 9.17) is 0 Å². The summed E-state index contributed by atoms with van der Waals surface area (Å²) in [5, 5.41) is 19.2. The standard InChI is InChI=1S/C12H19N7/c1-2-18(9-10-4-3-7-13-8-10)12-6-5-11-14-16-17-19(11)15-12/h5-6,10,13H,2-4,7-9H2,1H3. The lowest BCUT2D eigenvalue weighted by molar-refractivity contribution is 0.377. The maximum atomic E-state index is 4.46. The van der Waals surface area contributed by atoms with Crippen molar-refractivity contribution in [3.63, 3.8) is 0 Å². The fraction of sp³-hybridized carbons (Fsp3) is 0.667. The average molecular weight is 261 g/mol. The van der Waals surface area contributed by atoms with Crippen molar-refractivity contribution in [2.45, 2.75) is 19.8 Å². The molecule has 1 unspecified atom stereocenters. The smallest absolute Gasteiger partial charge is 0.200 e. The molecule has 0 amide bonds. The van der Waals surface area contributed by atoms with Crippen LogP contribution in [0, 0.1) is 5.92 Å². The van der Waals surface area contributed by atoms with Crippen LogP contribution in [-0.4, -0.2) is 51.4 Å². The maximum Gasteiger partial charge on any atom is 0.200 e. The van der Waals surface area contributed by atoms with Gasteiger partial charge < -0.3 is 10.2 Å². The first-order valence-corrected chi connectivity index (χ1v) is 6.88. The zero-order valence-corrected chi connectivity index (χ0v) is 11.2. The van der Waals surface area contributed by atoms with Crippen molar-refractivity contribution in [2.75, 3.05) is 31.1 Å². The molecule has 2 aromatic rings. The van der Waals surface area contributed by atoms with Gasteiger partial charge in [-0.15, -0.1) is 14.8 Å². The number of rotatable bonds is 4. The normalized spacial score (nSPS) is 19.7. The molecular formula is C12H19N7. The summed E-state index contributed by atoms with van der Waals surface area (Å²) in [5.74, 6) is 1.63. The Kier molecular flexibility index (Phi) is 3.54. The largest absolute Gasteiger partial charge is 0.355 e. The van der Waals surface area contributed by atoms with Gasteiger partial charge in [0.15, 0.2) is 11.5 Å². The van der Waals surface area contributed by atoms with Gasteiger partial charge in [-0.1, -0.05) is 0 Å². The summed E-state index contributed by atoms with van der Waals surface area (Å²) in [6.07, 6.45) is 2.55. The van der Waals surface area contributed by atoms with Gasteiger partial charge in [-0.2, -0.15) is 0 Å². The first-order valence-electron chi connectivity index (χ1n) is 6.88. The molecule has 0 radical (unpaired) electrons. The van der Waals surface area contributed by atoms with E-state index in [1.165, 1.54) is 17.5 Å². The number of hydrogen-bond acceptors (Lipinski definition) is 6. The van der Waals surface area contributed by atoms with Gasteiger partial charge in [0.1, 0.15) is 0 Å². The van der Waals surface area contributed by atoms with Gasteiger partial charge in [0.05, 0.1) is 0 Å². The number of hydrogen-bond donors (Lipinski definition) is 1. The van der Waals surface area contributed by atoms with Gasteiger partial charge in [0, 0.05) is 13.1 Å². The molecule has 19 heavy (non-hydrogen) atoms. The number of anilines is 1. The van der Waals surface area contributed by atoms with Crippen LogP contribution in [0.4, 0.5) is 5.82 Å². The van der Waals surface area contributed by atoms with Crippen LogP contribution in [0.1, 0.15) is 19.8 Å². The second-order valence-corrected chi connectivity index (χ2v) is 4.97. The lowest BCUT2D eigenvalue weighted by Crippen LogP contribution is -2.38. The first kappa shape index (κ1) is 12.3. The Morgan fingerprint density at radius 3 is 3.21 bits per heavy atom. The van der Waals surface area contributed by atoms with E-state index in [9.17, 15) is 0 Å². The Morgan fingerprint density at radius 1 is 1.47 bits per heavy atom. The molecule has 7 nitrogen and oxygen atoms in total. The summed E-state index contributed by atoms with van der Waals surface area (Å²) in [7, 11) is 0. The minimum Gasteiger partial charge on any atom is -0.355 e. The average Bonchev–Trinajstić information content (AvgIpc) is 2.93. The zero-order chi connectivity index (χ0) is 13.1. The van der Waals surface area contributed by atoms with E-state index in [0.717, 1.165) is 32.0 Å². The van der Waals surface area contributed by atoms with Crippen LogP contribution >= 0.6 is 0 Å². The fourth-order valence-corrected chi connectivity index (χ4v) is 2.58. The highest BCUT2D eigenvalue weighted by molar-refractivity contribution is 5.44. The third-order valence-electron chi connectivity index (χ3n) is 3.64. The quantitative estimate of drug-likeness (QED) is 0.856. The highest BCUT2D eigenvalue weighted by atomic mass is 15.6. The van der Waals surface area contributed by atoms with Crippen molar-refractivity contribution in [3.05, 3.63) is 12.1 Å². The number of aromatic nitrogens is 5. The van der Waals surface area contributed by atoms with E-state index in [-0.39, 0.29) is 0 Å². The summed E-state index contributed by atoms with van der Waals surface area (Å²) >= 11 is 0. The fourth-order valence-electron chi connectivity index (χ4n) is 2.58. The minimum atomic E-state index is 0.680. The van der Waals surface area contributed by atoms with E-state index >= 15 is 0 Å². The predicted molar refractivity (Wildman–Crippen MR) is 72.1 cm³/mol. The minimum absolute atomic E-state index is 0.680. The number of nitrogens with one attached hydrogen (secondary N) is 1. The van der Waals surface area contributed by atoms with Gasteiger partial charge in [-0.05, 0) is 61.3 Å². The van der Waals surface area contributed by atoms with E-state index in [0.29, 0.717) is 11.6 Å². The number of piperidine rings is 1. The van der Waals surface area contributed by atoms with Gasteiger partial charge >= 0.3 is 0 Å². The molecule has 3 rings (SSSR count). The molecule has 0 aromatic carbocycles. The van der Waals surface area contributed by atoms with Crippen molar-refractivity contribution >= 4 is 11.5 Å². The van der Waals surface area contributed by atoms with Crippen molar-refractivity contribution in [1.29, 1.82) is 0 Å². The monoisotopic (exact) mass is 261 g/mol. The maximum absolute atomic E-state index is 4.46. The molecule has 1 atom stereocenters. The summed E-state index contributed by atoms with van der Waals surface area (Å²) in [4.78, 5) is 2.29. The third kappa shape index (κ3) is 2.65. The summed E-state index contributed by atoms with van der Waals surface area (Å²) in [6.45, 7) is 6.38. The van der Waals surface area contributed by atoms with Gasteiger partial charge in [0.25, 0.3) is 0 Å². The molecule has 0 saturated carbocycles. The predicted octanol–water partition coefficient (Wildman–Crippen LogP) is 0.345. The molecule has 7 heteroatoms. The Balaban J connectivity index is 1.76. The molecule has 1 aliphatic heterocycles. The number of fused-ring (bicyclic) bond motifs is 1. The summed E-state index contributed by atoms with van der Waals surface area (Å²) in [6, 6.07) is 3.90. The van der Waals surface area contributed by atoms with Crippen LogP contribution in [0.2, 0.25) is 0 Å². The molecular weight excluding hydrogens is 242 g/mol. The highest BCUT2D eigenvalue weighted by Gasteiger charge is 2.17. The van der Waals surface area contributed by atoms with Crippen LogP contribution in [-0.2, 0) is 0 Å². The Bertz CT molecular complexity index is 532. The lowest BCUT2D eigenvalue weighted by Gasteiger charge is -2.29. The molecule has 0 spiro atoms. The van der Waals surface area contributed by atoms with E-state index < -0.39 is 0 Å². The third-order valence-corrected chi connectivity index (χ3v) is 3.64. The van der Waals surface area contributed by atoms with E-state index in [2.05, 4.69) is 37.8 Å². The Morgan fingerprint density at radius 2 is 2.42 bits per heavy atom. The second-order valence-electron chi connectivity index (χ2n) is 4.97. The highest BCUT2D eigenvalue weighted by Crippen LogP contribution is 2.16. The molecule has 0 aliphatic carbocycles. The van der Waals surface area contributed by atoms with E-state index in [1.54, 1.807) is 0 Å². The van der Waals surface area contributed by atoms with Crippen LogP contribution in [0.3, 0.4) is 0 Å². The SMILES string of the molecule is CCN(CC1CCCNC1)c1ccc2nnnn2n1. The van der Waals surface area contributed by atoms with Crippen LogP contribution in [0.5, 0.6) is 0 Å². The van der Waals surface area contributed by atoms with Gasteiger partial charge in [0.2, 0.25) is 0 Å². The Labute approximate surface area is 112 Å². The summed E-state index contributed by atoms with van der Waals surface area (Å²) < 4.78 is 1.48. The molecule has 1 aliphatic rings. The molecule has 2 aromatic heterocycles. The molecule has 3 heterocycles. The van der Waals surface area contributed by atoms with Crippen LogP contribution in [0.15, 0.2) is 12.1 Å². The molecule has 102 valence electrons. The van der Waals surface area contributed by atoms with Crippen molar-refractivity contribution in [2.24, 2.45) is 5.92 Å².